The summed E-state index contributed by atoms with van der Waals surface area (Å²) in [6.45, 7) is 4.99. The van der Waals surface area contributed by atoms with Crippen molar-refractivity contribution >= 4 is 15.9 Å². The number of halogens is 1. The van der Waals surface area contributed by atoms with Gasteiger partial charge >= 0.3 is 0 Å². The molecular weight excluding hydrogens is 304 g/mol. The predicted octanol–water partition coefficient (Wildman–Crippen LogP) is 3.93. The molecule has 0 saturated heterocycles. The summed E-state index contributed by atoms with van der Waals surface area (Å²) in [5.74, 6) is 2.45. The van der Waals surface area contributed by atoms with Crippen LogP contribution in [0.15, 0.2) is 35.1 Å². The van der Waals surface area contributed by atoms with Gasteiger partial charge in [-0.15, -0.1) is 0 Å². The third-order valence-corrected chi connectivity index (χ3v) is 3.59. The molecular formula is C15H19BrN2O. The summed E-state index contributed by atoms with van der Waals surface area (Å²) in [6.07, 6.45) is 4.58. The van der Waals surface area contributed by atoms with E-state index in [0.29, 0.717) is 12.5 Å². The lowest BCUT2D eigenvalue weighted by molar-refractivity contribution is 0.313. The number of rotatable bonds is 5. The Labute approximate surface area is 122 Å². The maximum Gasteiger partial charge on any atom is 0.122 e. The molecule has 0 radical (unpaired) electrons. The monoisotopic (exact) mass is 322 g/mol. The molecule has 0 aliphatic rings. The van der Waals surface area contributed by atoms with Crippen LogP contribution in [0.4, 0.5) is 0 Å². The fourth-order valence-corrected chi connectivity index (χ4v) is 2.37. The first-order chi connectivity index (χ1) is 9.08. The minimum Gasteiger partial charge on any atom is -0.493 e. The van der Waals surface area contributed by atoms with E-state index in [1.54, 1.807) is 0 Å². The van der Waals surface area contributed by atoms with Crippen molar-refractivity contribution in [1.29, 1.82) is 0 Å². The Bertz CT molecular complexity index is 549. The highest BCUT2D eigenvalue weighted by Crippen LogP contribution is 2.29. The lowest BCUT2D eigenvalue weighted by Crippen LogP contribution is -2.07. The molecule has 0 amide bonds. The lowest BCUT2D eigenvalue weighted by Gasteiger charge is -2.14. The molecule has 0 spiro atoms. The first-order valence-electron chi connectivity index (χ1n) is 6.46. The zero-order valence-electron chi connectivity index (χ0n) is 11.6. The average molecular weight is 323 g/mol. The van der Waals surface area contributed by atoms with Crippen LogP contribution in [0.2, 0.25) is 0 Å². The summed E-state index contributed by atoms with van der Waals surface area (Å²) in [7, 11) is 2.00. The predicted molar refractivity (Wildman–Crippen MR) is 80.6 cm³/mol. The number of hydrogen-bond acceptors (Lipinski definition) is 2. The van der Waals surface area contributed by atoms with Crippen LogP contribution in [0.5, 0.6) is 5.75 Å². The molecule has 19 heavy (non-hydrogen) atoms. The smallest absolute Gasteiger partial charge is 0.122 e. The van der Waals surface area contributed by atoms with Crippen molar-refractivity contribution in [2.24, 2.45) is 7.05 Å². The fourth-order valence-electron chi connectivity index (χ4n) is 1.99. The Morgan fingerprint density at radius 1 is 1.37 bits per heavy atom. The lowest BCUT2D eigenvalue weighted by atomic mass is 10.0. The highest BCUT2D eigenvalue weighted by atomic mass is 79.9. The van der Waals surface area contributed by atoms with E-state index in [2.05, 4.69) is 40.8 Å². The van der Waals surface area contributed by atoms with Gasteiger partial charge in [0, 0.05) is 30.3 Å². The molecule has 0 aliphatic carbocycles. The van der Waals surface area contributed by atoms with Gasteiger partial charge in [0.15, 0.2) is 0 Å². The van der Waals surface area contributed by atoms with Crippen molar-refractivity contribution in [2.45, 2.75) is 26.2 Å². The van der Waals surface area contributed by atoms with Crippen molar-refractivity contribution in [2.75, 3.05) is 6.61 Å². The van der Waals surface area contributed by atoms with Gasteiger partial charge in [-0.3, -0.25) is 0 Å². The summed E-state index contributed by atoms with van der Waals surface area (Å²) in [5, 5.41) is 0. The van der Waals surface area contributed by atoms with Crippen LogP contribution >= 0.6 is 15.9 Å². The van der Waals surface area contributed by atoms with Gasteiger partial charge in [-0.1, -0.05) is 29.8 Å². The van der Waals surface area contributed by atoms with E-state index in [1.807, 2.05) is 36.1 Å². The summed E-state index contributed by atoms with van der Waals surface area (Å²) < 4.78 is 9.02. The zero-order chi connectivity index (χ0) is 13.8. The van der Waals surface area contributed by atoms with E-state index in [1.165, 1.54) is 5.56 Å². The second kappa shape index (κ2) is 6.24. The number of benzene rings is 1. The van der Waals surface area contributed by atoms with Crippen LogP contribution in [0.3, 0.4) is 0 Å². The highest BCUT2D eigenvalue weighted by Gasteiger charge is 2.09. The molecule has 4 heteroatoms. The van der Waals surface area contributed by atoms with Crippen LogP contribution in [0.25, 0.3) is 0 Å². The summed E-state index contributed by atoms with van der Waals surface area (Å²) in [5.41, 5.74) is 1.23. The largest absolute Gasteiger partial charge is 0.493 e. The Hall–Kier alpha value is -1.29. The standard InChI is InChI=1S/C15H19BrN2O/c1-11(2)13-10-12(16)4-5-14(13)19-9-6-15-17-7-8-18(15)3/h4-5,7-8,10-11H,6,9H2,1-3H3. The Morgan fingerprint density at radius 2 is 2.16 bits per heavy atom. The van der Waals surface area contributed by atoms with Crippen molar-refractivity contribution in [3.8, 4) is 5.75 Å². The minimum atomic E-state index is 0.445. The molecule has 0 unspecified atom stereocenters. The molecule has 0 aliphatic heterocycles. The number of hydrogen-bond donors (Lipinski definition) is 0. The van der Waals surface area contributed by atoms with Crippen LogP contribution < -0.4 is 4.74 Å². The Morgan fingerprint density at radius 3 is 2.79 bits per heavy atom. The van der Waals surface area contributed by atoms with E-state index in [0.717, 1.165) is 22.5 Å². The molecule has 102 valence electrons. The number of ether oxygens (including phenoxy) is 1. The minimum absolute atomic E-state index is 0.445. The molecule has 0 bridgehead atoms. The third kappa shape index (κ3) is 3.60. The van der Waals surface area contributed by atoms with Gasteiger partial charge in [-0.05, 0) is 29.7 Å². The molecule has 0 atom stereocenters. The molecule has 3 nitrogen and oxygen atoms in total. The topological polar surface area (TPSA) is 27.1 Å². The maximum absolute atomic E-state index is 5.91. The quantitative estimate of drug-likeness (QED) is 0.834. The van der Waals surface area contributed by atoms with Crippen LogP contribution in [0, 0.1) is 0 Å². The van der Waals surface area contributed by atoms with Gasteiger partial charge in [0.1, 0.15) is 11.6 Å². The Balaban J connectivity index is 2.01. The molecule has 1 heterocycles. The van der Waals surface area contributed by atoms with E-state index in [-0.39, 0.29) is 0 Å². The summed E-state index contributed by atoms with van der Waals surface area (Å²) >= 11 is 3.50. The van der Waals surface area contributed by atoms with E-state index >= 15 is 0 Å². The first kappa shape index (κ1) is 14.1. The first-order valence-corrected chi connectivity index (χ1v) is 7.25. The number of aryl methyl sites for hydroxylation is 1. The van der Waals surface area contributed by atoms with E-state index in [9.17, 15) is 0 Å². The molecule has 1 aromatic heterocycles. The van der Waals surface area contributed by atoms with Crippen molar-refractivity contribution in [3.05, 3.63) is 46.5 Å². The van der Waals surface area contributed by atoms with Crippen LogP contribution in [-0.2, 0) is 13.5 Å². The van der Waals surface area contributed by atoms with Gasteiger partial charge in [-0.2, -0.15) is 0 Å². The van der Waals surface area contributed by atoms with Crippen molar-refractivity contribution in [3.63, 3.8) is 0 Å². The second-order valence-corrected chi connectivity index (χ2v) is 5.81. The Kier molecular flexibility index (Phi) is 4.64. The number of nitrogens with zero attached hydrogens (tertiary/aromatic N) is 2. The van der Waals surface area contributed by atoms with Gasteiger partial charge in [0.25, 0.3) is 0 Å². The van der Waals surface area contributed by atoms with Crippen LogP contribution in [0.1, 0.15) is 31.2 Å². The molecule has 1 aromatic carbocycles. The fraction of sp³-hybridized carbons (Fsp3) is 0.400. The van der Waals surface area contributed by atoms with Gasteiger partial charge < -0.3 is 9.30 Å². The van der Waals surface area contributed by atoms with Gasteiger partial charge in [0.05, 0.1) is 6.61 Å². The SMILES string of the molecule is CC(C)c1cc(Br)ccc1OCCc1nccn1C. The summed E-state index contributed by atoms with van der Waals surface area (Å²) in [4.78, 5) is 4.29. The van der Waals surface area contributed by atoms with Crippen molar-refractivity contribution < 1.29 is 4.74 Å². The molecule has 0 saturated carbocycles. The van der Waals surface area contributed by atoms with Gasteiger partial charge in [-0.25, -0.2) is 4.98 Å². The van der Waals surface area contributed by atoms with Gasteiger partial charge in [0.2, 0.25) is 0 Å². The second-order valence-electron chi connectivity index (χ2n) is 4.89. The van der Waals surface area contributed by atoms with Crippen molar-refractivity contribution in [1.82, 2.24) is 9.55 Å². The zero-order valence-corrected chi connectivity index (χ0v) is 13.1. The number of imidazole rings is 1. The normalized spacial score (nSPS) is 11.0. The van der Waals surface area contributed by atoms with E-state index < -0.39 is 0 Å². The number of aromatic nitrogens is 2. The molecule has 0 N–H and O–H groups in total. The molecule has 2 aromatic rings. The maximum atomic E-state index is 5.91. The van der Waals surface area contributed by atoms with E-state index in [4.69, 9.17) is 4.74 Å². The summed E-state index contributed by atoms with van der Waals surface area (Å²) in [6, 6.07) is 6.17. The highest BCUT2D eigenvalue weighted by molar-refractivity contribution is 9.10. The molecule has 0 fully saturated rings. The van der Waals surface area contributed by atoms with Crippen LogP contribution in [-0.4, -0.2) is 16.2 Å². The molecule has 2 rings (SSSR count). The average Bonchev–Trinajstić information content (AvgIpc) is 2.77. The third-order valence-electron chi connectivity index (χ3n) is 3.10.